The number of hydrazone groups is 1. The molecule has 1 unspecified atom stereocenters. The van der Waals surface area contributed by atoms with Crippen LogP contribution in [-0.4, -0.2) is 11.2 Å². The van der Waals surface area contributed by atoms with Gasteiger partial charge in [-0.2, -0.15) is 5.10 Å². The maximum Gasteiger partial charge on any atom is 0.0738 e. The van der Waals surface area contributed by atoms with Crippen molar-refractivity contribution in [3.05, 3.63) is 47.6 Å². The number of hydrogen-bond donors (Lipinski definition) is 1. The van der Waals surface area contributed by atoms with E-state index in [1.807, 2.05) is 30.5 Å². The third-order valence-electron chi connectivity index (χ3n) is 3.48. The predicted octanol–water partition coefficient (Wildman–Crippen LogP) is 4.64. The van der Waals surface area contributed by atoms with Gasteiger partial charge >= 0.3 is 0 Å². The van der Waals surface area contributed by atoms with Gasteiger partial charge in [0.2, 0.25) is 0 Å². The molecule has 102 valence electrons. The first-order chi connectivity index (χ1) is 9.83. The van der Waals surface area contributed by atoms with Crippen molar-refractivity contribution in [2.45, 2.75) is 19.3 Å². The fourth-order valence-electron chi connectivity index (χ4n) is 2.38. The fourth-order valence-corrected chi connectivity index (χ4v) is 2.55. The molecule has 0 fully saturated rings. The van der Waals surface area contributed by atoms with Crippen LogP contribution in [0.3, 0.4) is 0 Å². The first kappa shape index (κ1) is 13.1. The lowest BCUT2D eigenvalue weighted by molar-refractivity contribution is 0.627. The Labute approximate surface area is 123 Å². The highest BCUT2D eigenvalue weighted by molar-refractivity contribution is 6.31. The van der Waals surface area contributed by atoms with Gasteiger partial charge in [-0.25, -0.2) is 0 Å². The number of hydrogen-bond acceptors (Lipinski definition) is 3. The van der Waals surface area contributed by atoms with E-state index in [9.17, 15) is 0 Å². The van der Waals surface area contributed by atoms with Crippen LogP contribution in [0.1, 0.15) is 19.3 Å². The van der Waals surface area contributed by atoms with Crippen molar-refractivity contribution >= 4 is 34.4 Å². The largest absolute Gasteiger partial charge is 0.278 e. The average Bonchev–Trinajstić information content (AvgIpc) is 2.48. The number of rotatable bonds is 3. The summed E-state index contributed by atoms with van der Waals surface area (Å²) in [6, 6.07) is 7.62. The zero-order valence-electron chi connectivity index (χ0n) is 11.1. The molecule has 4 heteroatoms. The number of pyridine rings is 1. The lowest BCUT2D eigenvalue weighted by Crippen LogP contribution is -2.05. The van der Waals surface area contributed by atoms with Crippen LogP contribution >= 0.6 is 11.6 Å². The Morgan fingerprint density at radius 3 is 3.10 bits per heavy atom. The molecule has 0 aliphatic heterocycles. The number of allylic oxidation sites excluding steroid dienone is 2. The second kappa shape index (κ2) is 6.06. The van der Waals surface area contributed by atoms with Gasteiger partial charge in [-0.3, -0.25) is 10.4 Å². The Balaban J connectivity index is 1.77. The minimum absolute atomic E-state index is 0.537. The summed E-state index contributed by atoms with van der Waals surface area (Å²) >= 11 is 5.98. The van der Waals surface area contributed by atoms with E-state index in [0.717, 1.165) is 29.4 Å². The molecule has 20 heavy (non-hydrogen) atoms. The number of aromatic nitrogens is 1. The van der Waals surface area contributed by atoms with Crippen LogP contribution in [0.2, 0.25) is 5.02 Å². The maximum atomic E-state index is 5.98. The Morgan fingerprint density at radius 2 is 2.25 bits per heavy atom. The highest BCUT2D eigenvalue weighted by atomic mass is 35.5. The molecular formula is C16H16ClN3. The molecule has 3 nitrogen and oxygen atoms in total. The highest BCUT2D eigenvalue weighted by Crippen LogP contribution is 2.24. The number of nitrogens with one attached hydrogen (secondary N) is 1. The highest BCUT2D eigenvalue weighted by Gasteiger charge is 2.06. The molecule has 0 spiro atoms. The summed E-state index contributed by atoms with van der Waals surface area (Å²) in [5.41, 5.74) is 4.94. The molecule has 2 aromatic rings. The standard InChI is InChI=1S/C16H16ClN3/c17-13-6-7-14-15(8-9-18-16(14)10-13)20-19-11-12-4-2-1-3-5-12/h1-2,6-12H,3-5H2,(H,18,20)/b19-11+. The van der Waals surface area contributed by atoms with E-state index in [1.165, 1.54) is 6.42 Å². The molecule has 1 aliphatic rings. The topological polar surface area (TPSA) is 37.3 Å². The molecule has 1 aromatic carbocycles. The lowest BCUT2D eigenvalue weighted by atomic mass is 9.96. The van der Waals surface area contributed by atoms with Crippen molar-refractivity contribution in [3.8, 4) is 0 Å². The molecule has 3 rings (SSSR count). The Hall–Kier alpha value is -1.87. The van der Waals surface area contributed by atoms with Crippen molar-refractivity contribution in [2.24, 2.45) is 11.0 Å². The molecule has 0 saturated heterocycles. The summed E-state index contributed by atoms with van der Waals surface area (Å²) in [6.07, 6.45) is 11.6. The zero-order chi connectivity index (χ0) is 13.8. The van der Waals surface area contributed by atoms with Crippen LogP contribution in [-0.2, 0) is 0 Å². The van der Waals surface area contributed by atoms with Gasteiger partial charge in [-0.1, -0.05) is 23.8 Å². The van der Waals surface area contributed by atoms with Crippen LogP contribution in [0.15, 0.2) is 47.7 Å². The van der Waals surface area contributed by atoms with Gasteiger partial charge in [0.05, 0.1) is 11.2 Å². The van der Waals surface area contributed by atoms with Crippen LogP contribution in [0.4, 0.5) is 5.69 Å². The summed E-state index contributed by atoms with van der Waals surface area (Å²) in [4.78, 5) is 4.32. The fraction of sp³-hybridized carbons (Fsp3) is 0.250. The molecule has 0 saturated carbocycles. The SMILES string of the molecule is Clc1ccc2c(N/N=C/C3CC=CCC3)ccnc2c1. The zero-order valence-corrected chi connectivity index (χ0v) is 11.8. The molecule has 0 radical (unpaired) electrons. The minimum Gasteiger partial charge on any atom is -0.278 e. The number of halogens is 1. The van der Waals surface area contributed by atoms with Gasteiger partial charge < -0.3 is 0 Å². The Kier molecular flexibility index (Phi) is 3.97. The molecule has 1 aromatic heterocycles. The third kappa shape index (κ3) is 2.99. The molecule has 0 amide bonds. The van der Waals surface area contributed by atoms with Crippen LogP contribution in [0.5, 0.6) is 0 Å². The smallest absolute Gasteiger partial charge is 0.0738 e. The first-order valence-electron chi connectivity index (χ1n) is 6.81. The summed E-state index contributed by atoms with van der Waals surface area (Å²) in [7, 11) is 0. The maximum absolute atomic E-state index is 5.98. The van der Waals surface area contributed by atoms with E-state index < -0.39 is 0 Å². The third-order valence-corrected chi connectivity index (χ3v) is 3.72. The lowest BCUT2D eigenvalue weighted by Gasteiger charge is -2.12. The van der Waals surface area contributed by atoms with Crippen molar-refractivity contribution in [1.82, 2.24) is 4.98 Å². The summed E-state index contributed by atoms with van der Waals surface area (Å²) in [5, 5.41) is 6.09. The van der Waals surface area contributed by atoms with E-state index in [1.54, 1.807) is 6.20 Å². The Morgan fingerprint density at radius 1 is 1.30 bits per heavy atom. The van der Waals surface area contributed by atoms with Crippen molar-refractivity contribution in [2.75, 3.05) is 5.43 Å². The monoisotopic (exact) mass is 285 g/mol. The van der Waals surface area contributed by atoms with Crippen molar-refractivity contribution < 1.29 is 0 Å². The van der Waals surface area contributed by atoms with Crippen LogP contribution < -0.4 is 5.43 Å². The number of fused-ring (bicyclic) bond motifs is 1. The summed E-state index contributed by atoms with van der Waals surface area (Å²) in [5.74, 6) is 0.537. The van der Waals surface area contributed by atoms with Crippen LogP contribution in [0.25, 0.3) is 10.9 Å². The van der Waals surface area contributed by atoms with E-state index in [-0.39, 0.29) is 0 Å². The number of nitrogens with zero attached hydrogens (tertiary/aromatic N) is 2. The minimum atomic E-state index is 0.537. The molecule has 1 aliphatic carbocycles. The van der Waals surface area contributed by atoms with Gasteiger partial charge in [0.1, 0.15) is 0 Å². The second-order valence-electron chi connectivity index (χ2n) is 4.95. The van der Waals surface area contributed by atoms with E-state index in [4.69, 9.17) is 11.6 Å². The molecule has 0 bridgehead atoms. The van der Waals surface area contributed by atoms with Gasteiger partial charge in [0, 0.05) is 22.8 Å². The molecular weight excluding hydrogens is 270 g/mol. The van der Waals surface area contributed by atoms with E-state index in [2.05, 4.69) is 27.7 Å². The van der Waals surface area contributed by atoms with Gasteiger partial charge in [-0.05, 0) is 49.4 Å². The van der Waals surface area contributed by atoms with Gasteiger partial charge in [0.15, 0.2) is 0 Å². The Bertz CT molecular complexity index is 664. The normalized spacial score (nSPS) is 18.8. The van der Waals surface area contributed by atoms with Crippen molar-refractivity contribution in [1.29, 1.82) is 0 Å². The summed E-state index contributed by atoms with van der Waals surface area (Å²) in [6.45, 7) is 0. The number of anilines is 1. The van der Waals surface area contributed by atoms with Crippen molar-refractivity contribution in [3.63, 3.8) is 0 Å². The quantitative estimate of drug-likeness (QED) is 0.507. The second-order valence-corrected chi connectivity index (χ2v) is 5.39. The molecule has 1 N–H and O–H groups in total. The molecule has 1 heterocycles. The average molecular weight is 286 g/mol. The van der Waals surface area contributed by atoms with Crippen LogP contribution in [0, 0.1) is 5.92 Å². The van der Waals surface area contributed by atoms with E-state index in [0.29, 0.717) is 10.9 Å². The predicted molar refractivity (Wildman–Crippen MR) is 85.3 cm³/mol. The molecule has 1 atom stereocenters. The van der Waals surface area contributed by atoms with E-state index >= 15 is 0 Å². The van der Waals surface area contributed by atoms with Gasteiger partial charge in [0.25, 0.3) is 0 Å². The van der Waals surface area contributed by atoms with Gasteiger partial charge in [-0.15, -0.1) is 0 Å². The first-order valence-corrected chi connectivity index (χ1v) is 7.19. The summed E-state index contributed by atoms with van der Waals surface area (Å²) < 4.78 is 0. The number of benzene rings is 1.